The molecule has 32 heavy (non-hydrogen) atoms. The molecule has 10 heteroatoms. The summed E-state index contributed by atoms with van der Waals surface area (Å²) in [6, 6.07) is 7.45. The van der Waals surface area contributed by atoms with Crippen LogP contribution in [0.25, 0.3) is 0 Å². The normalized spacial score (nSPS) is 19.9. The van der Waals surface area contributed by atoms with Gasteiger partial charge >= 0.3 is 0 Å². The Bertz CT molecular complexity index is 1180. The van der Waals surface area contributed by atoms with Gasteiger partial charge in [0.2, 0.25) is 0 Å². The molecule has 1 aromatic carbocycles. The molecule has 3 aromatic rings. The van der Waals surface area contributed by atoms with Crippen LogP contribution in [-0.2, 0) is 31.5 Å². The number of carbonyl (C=O) groups is 2. The summed E-state index contributed by atoms with van der Waals surface area (Å²) in [6.07, 6.45) is 4.11. The summed E-state index contributed by atoms with van der Waals surface area (Å²) < 4.78 is 9.82. The third-order valence-corrected chi connectivity index (χ3v) is 6.18. The first-order chi connectivity index (χ1) is 15.4. The number of hydrogen-bond acceptors (Lipinski definition) is 6. The van der Waals surface area contributed by atoms with Crippen molar-refractivity contribution in [1.82, 2.24) is 34.8 Å². The Morgan fingerprint density at radius 1 is 1.28 bits per heavy atom. The molecule has 1 saturated heterocycles. The summed E-state index contributed by atoms with van der Waals surface area (Å²) in [4.78, 5) is 31.2. The molecule has 2 aliphatic heterocycles. The van der Waals surface area contributed by atoms with Crippen LogP contribution in [0, 0.1) is 6.92 Å². The van der Waals surface area contributed by atoms with Crippen molar-refractivity contribution in [3.8, 4) is 0 Å². The fourth-order valence-electron chi connectivity index (χ4n) is 4.36. The lowest BCUT2D eigenvalue weighted by molar-refractivity contribution is -0.0828. The minimum absolute atomic E-state index is 0.0955. The van der Waals surface area contributed by atoms with E-state index in [0.29, 0.717) is 43.3 Å². The lowest BCUT2D eigenvalue weighted by atomic mass is 10.0. The number of nitrogens with zero attached hydrogens (tertiary/aromatic N) is 6. The third kappa shape index (κ3) is 3.66. The molecule has 166 valence electrons. The number of benzene rings is 1. The number of aromatic nitrogens is 5. The number of aryl methyl sites for hydroxylation is 2. The van der Waals surface area contributed by atoms with Gasteiger partial charge in [-0.15, -0.1) is 5.10 Å². The average Bonchev–Trinajstić information content (AvgIpc) is 3.50. The number of hydrogen-bond donors (Lipinski definition) is 1. The predicted molar refractivity (Wildman–Crippen MR) is 114 cm³/mol. The van der Waals surface area contributed by atoms with Crippen molar-refractivity contribution in [3.05, 3.63) is 65.0 Å². The Morgan fingerprint density at radius 2 is 2.16 bits per heavy atom. The van der Waals surface area contributed by atoms with Gasteiger partial charge < -0.3 is 19.5 Å². The minimum Gasteiger partial charge on any atom is -0.365 e. The van der Waals surface area contributed by atoms with Gasteiger partial charge in [0, 0.05) is 31.5 Å². The number of imidazole rings is 1. The first kappa shape index (κ1) is 20.4. The second-order valence-corrected chi connectivity index (χ2v) is 8.50. The summed E-state index contributed by atoms with van der Waals surface area (Å²) in [6.45, 7) is 4.18. The topological polar surface area (TPSA) is 107 Å². The number of fused-ring (bicyclic) bond motifs is 1. The lowest BCUT2D eigenvalue weighted by Crippen LogP contribution is -2.45. The van der Waals surface area contributed by atoms with Gasteiger partial charge in [-0.05, 0) is 25.5 Å². The van der Waals surface area contributed by atoms with Crippen LogP contribution in [0.2, 0.25) is 0 Å². The van der Waals surface area contributed by atoms with E-state index in [0.717, 1.165) is 17.7 Å². The van der Waals surface area contributed by atoms with Gasteiger partial charge in [0.1, 0.15) is 11.3 Å². The maximum atomic E-state index is 12.8. The molecule has 0 radical (unpaired) electrons. The van der Waals surface area contributed by atoms with Crippen LogP contribution in [0.5, 0.6) is 0 Å². The highest BCUT2D eigenvalue weighted by Gasteiger charge is 2.45. The van der Waals surface area contributed by atoms with E-state index in [4.69, 9.17) is 4.74 Å². The summed E-state index contributed by atoms with van der Waals surface area (Å²) in [5, 5.41) is 11.5. The van der Waals surface area contributed by atoms with Crippen LogP contribution in [-0.4, -0.2) is 59.9 Å². The van der Waals surface area contributed by atoms with E-state index >= 15 is 0 Å². The number of nitrogens with one attached hydrogen (secondary N) is 1. The SMILES string of the molecule is Cc1cccc(C(=O)NCc2nnn3c2COC2(CCN(C(=O)c4nccn4C)C2)C3)c1. The van der Waals surface area contributed by atoms with Crippen LogP contribution >= 0.6 is 0 Å². The zero-order valence-electron chi connectivity index (χ0n) is 18.1. The van der Waals surface area contributed by atoms with E-state index in [1.165, 1.54) is 0 Å². The maximum absolute atomic E-state index is 12.8. The second kappa shape index (κ2) is 7.86. The van der Waals surface area contributed by atoms with Crippen LogP contribution in [0.4, 0.5) is 0 Å². The first-order valence-electron chi connectivity index (χ1n) is 10.6. The highest BCUT2D eigenvalue weighted by Crippen LogP contribution is 2.33. The van der Waals surface area contributed by atoms with Crippen molar-refractivity contribution >= 4 is 11.8 Å². The molecule has 2 aromatic heterocycles. The molecule has 0 bridgehead atoms. The summed E-state index contributed by atoms with van der Waals surface area (Å²) in [5.41, 5.74) is 2.71. The van der Waals surface area contributed by atoms with Gasteiger partial charge in [-0.3, -0.25) is 9.59 Å². The van der Waals surface area contributed by atoms with Crippen LogP contribution in [0.1, 0.15) is 44.3 Å². The van der Waals surface area contributed by atoms with Crippen molar-refractivity contribution < 1.29 is 14.3 Å². The summed E-state index contributed by atoms with van der Waals surface area (Å²) >= 11 is 0. The fraction of sp³-hybridized carbons (Fsp3) is 0.409. The molecule has 0 aliphatic carbocycles. The smallest absolute Gasteiger partial charge is 0.289 e. The van der Waals surface area contributed by atoms with E-state index < -0.39 is 5.60 Å². The highest BCUT2D eigenvalue weighted by molar-refractivity contribution is 5.94. The Morgan fingerprint density at radius 3 is 2.94 bits per heavy atom. The number of ether oxygens (including phenoxy) is 1. The van der Waals surface area contributed by atoms with Crippen LogP contribution in [0.3, 0.4) is 0 Å². The number of carbonyl (C=O) groups excluding carboxylic acids is 2. The Kier molecular flexibility index (Phi) is 5.01. The molecule has 1 spiro atoms. The Hall–Kier alpha value is -3.53. The fourth-order valence-corrected chi connectivity index (χ4v) is 4.36. The molecular formula is C22H25N7O3. The first-order valence-corrected chi connectivity index (χ1v) is 10.6. The van der Waals surface area contributed by atoms with Crippen LogP contribution < -0.4 is 5.32 Å². The van der Waals surface area contributed by atoms with E-state index in [2.05, 4.69) is 20.6 Å². The van der Waals surface area contributed by atoms with Gasteiger partial charge in [-0.1, -0.05) is 22.9 Å². The second-order valence-electron chi connectivity index (χ2n) is 8.50. The summed E-state index contributed by atoms with van der Waals surface area (Å²) in [7, 11) is 1.81. The van der Waals surface area contributed by atoms with E-state index in [9.17, 15) is 9.59 Å². The van der Waals surface area contributed by atoms with E-state index in [1.807, 2.05) is 36.9 Å². The third-order valence-electron chi connectivity index (χ3n) is 6.18. The quantitative estimate of drug-likeness (QED) is 0.657. The highest BCUT2D eigenvalue weighted by atomic mass is 16.5. The van der Waals surface area contributed by atoms with Gasteiger partial charge in [0.25, 0.3) is 11.8 Å². The predicted octanol–water partition coefficient (Wildman–Crippen LogP) is 1.07. The molecule has 1 unspecified atom stereocenters. The maximum Gasteiger partial charge on any atom is 0.289 e. The van der Waals surface area contributed by atoms with Crippen molar-refractivity contribution in [3.63, 3.8) is 0 Å². The van der Waals surface area contributed by atoms with Gasteiger partial charge in [-0.25, -0.2) is 9.67 Å². The zero-order valence-corrected chi connectivity index (χ0v) is 18.1. The molecule has 1 fully saturated rings. The Balaban J connectivity index is 1.24. The number of amides is 2. The molecular weight excluding hydrogens is 410 g/mol. The van der Waals surface area contributed by atoms with Crippen molar-refractivity contribution in [2.24, 2.45) is 7.05 Å². The molecule has 2 amide bonds. The lowest BCUT2D eigenvalue weighted by Gasteiger charge is -2.33. The molecule has 10 nitrogen and oxygen atoms in total. The standard InChI is InChI=1S/C22H25N7O3/c1-15-4-3-5-16(10-15)20(30)24-11-17-18-12-32-22(14-29(18)26-25-17)6-8-28(13-22)21(31)19-23-7-9-27(19)2/h3-5,7,9-10H,6,8,11-14H2,1-2H3,(H,24,30). The van der Waals surface area contributed by atoms with Gasteiger partial charge in [0.15, 0.2) is 5.82 Å². The van der Waals surface area contributed by atoms with Gasteiger partial charge in [0.05, 0.1) is 31.9 Å². The number of rotatable bonds is 4. The van der Waals surface area contributed by atoms with E-state index in [-0.39, 0.29) is 18.4 Å². The average molecular weight is 435 g/mol. The van der Waals surface area contributed by atoms with Crippen molar-refractivity contribution in [2.45, 2.75) is 38.6 Å². The summed E-state index contributed by atoms with van der Waals surface area (Å²) in [5.74, 6) is 0.177. The zero-order chi connectivity index (χ0) is 22.3. The van der Waals surface area contributed by atoms with Crippen molar-refractivity contribution in [2.75, 3.05) is 13.1 Å². The molecule has 1 atom stereocenters. The molecule has 4 heterocycles. The van der Waals surface area contributed by atoms with E-state index in [1.54, 1.807) is 27.9 Å². The largest absolute Gasteiger partial charge is 0.365 e. The molecule has 1 N–H and O–H groups in total. The Labute approximate surface area is 185 Å². The van der Waals surface area contributed by atoms with Crippen LogP contribution in [0.15, 0.2) is 36.7 Å². The molecule has 0 saturated carbocycles. The number of likely N-dealkylation sites (tertiary alicyclic amines) is 1. The monoisotopic (exact) mass is 435 g/mol. The van der Waals surface area contributed by atoms with Gasteiger partial charge in [-0.2, -0.15) is 0 Å². The molecule has 2 aliphatic rings. The van der Waals surface area contributed by atoms with Crippen molar-refractivity contribution in [1.29, 1.82) is 0 Å². The molecule has 5 rings (SSSR count). The minimum atomic E-state index is -0.483.